The van der Waals surface area contributed by atoms with Gasteiger partial charge in [0, 0.05) is 18.3 Å². The van der Waals surface area contributed by atoms with E-state index in [1.54, 1.807) is 6.07 Å². The van der Waals surface area contributed by atoms with Gasteiger partial charge in [0.15, 0.2) is 0 Å². The van der Waals surface area contributed by atoms with Crippen molar-refractivity contribution in [2.45, 2.75) is 6.92 Å². The minimum atomic E-state index is 0.0535. The summed E-state index contributed by atoms with van der Waals surface area (Å²) in [5.74, 6) is 1.33. The molecule has 0 bridgehead atoms. The van der Waals surface area contributed by atoms with Gasteiger partial charge in [-0.3, -0.25) is 0 Å². The van der Waals surface area contributed by atoms with Crippen molar-refractivity contribution in [3.8, 4) is 11.8 Å². The molecule has 1 heterocycles. The third-order valence-corrected chi connectivity index (χ3v) is 2.20. The van der Waals surface area contributed by atoms with E-state index in [0.717, 1.165) is 5.69 Å². The van der Waals surface area contributed by atoms with Gasteiger partial charge in [0.05, 0.1) is 6.61 Å². The van der Waals surface area contributed by atoms with Crippen LogP contribution in [0.2, 0.25) is 0 Å². The first kappa shape index (κ1) is 12.3. The fourth-order valence-corrected chi connectivity index (χ4v) is 1.46. The predicted molar refractivity (Wildman–Crippen MR) is 68.9 cm³/mol. The number of anilines is 1. The van der Waals surface area contributed by atoms with Crippen LogP contribution in [0, 0.1) is 6.92 Å². The third kappa shape index (κ3) is 3.43. The number of aromatic nitrogens is 2. The molecule has 5 heteroatoms. The second-order valence-electron chi connectivity index (χ2n) is 3.74. The van der Waals surface area contributed by atoms with Crippen molar-refractivity contribution in [2.75, 3.05) is 18.5 Å². The molecule has 0 spiro atoms. The summed E-state index contributed by atoms with van der Waals surface area (Å²) in [6, 6.07) is 11.5. The summed E-state index contributed by atoms with van der Waals surface area (Å²) in [6.45, 7) is 2.36. The largest absolute Gasteiger partial charge is 0.424 e. The summed E-state index contributed by atoms with van der Waals surface area (Å²) in [5.41, 5.74) is 0.802. The smallest absolute Gasteiger partial charge is 0.324 e. The van der Waals surface area contributed by atoms with Crippen LogP contribution in [0.4, 0.5) is 5.82 Å². The lowest BCUT2D eigenvalue weighted by Crippen LogP contribution is -2.08. The summed E-state index contributed by atoms with van der Waals surface area (Å²) >= 11 is 0. The topological polar surface area (TPSA) is 67.3 Å². The zero-order chi connectivity index (χ0) is 12.8. The molecule has 0 unspecified atom stereocenters. The second-order valence-corrected chi connectivity index (χ2v) is 3.74. The van der Waals surface area contributed by atoms with E-state index in [2.05, 4.69) is 15.3 Å². The zero-order valence-electron chi connectivity index (χ0n) is 10.1. The molecule has 2 aromatic rings. The lowest BCUT2D eigenvalue weighted by molar-refractivity contribution is 0.311. The van der Waals surface area contributed by atoms with Crippen molar-refractivity contribution in [2.24, 2.45) is 0 Å². The van der Waals surface area contributed by atoms with Crippen molar-refractivity contribution >= 4 is 5.82 Å². The number of aliphatic hydroxyl groups is 1. The average molecular weight is 245 g/mol. The molecule has 2 N–H and O–H groups in total. The maximum atomic E-state index is 8.76. The summed E-state index contributed by atoms with van der Waals surface area (Å²) in [5, 5.41) is 11.7. The van der Waals surface area contributed by atoms with Crippen LogP contribution in [0.1, 0.15) is 5.69 Å². The van der Waals surface area contributed by atoms with Crippen molar-refractivity contribution in [1.29, 1.82) is 0 Å². The molecule has 0 saturated carbocycles. The number of benzene rings is 1. The first-order valence-electron chi connectivity index (χ1n) is 5.71. The maximum absolute atomic E-state index is 8.76. The molecule has 0 aliphatic rings. The zero-order valence-corrected chi connectivity index (χ0v) is 10.1. The third-order valence-electron chi connectivity index (χ3n) is 2.20. The van der Waals surface area contributed by atoms with Crippen molar-refractivity contribution in [3.63, 3.8) is 0 Å². The normalized spacial score (nSPS) is 10.1. The van der Waals surface area contributed by atoms with Crippen LogP contribution < -0.4 is 10.1 Å². The molecule has 0 atom stereocenters. The van der Waals surface area contributed by atoms with Gasteiger partial charge in [-0.15, -0.1) is 0 Å². The number of hydrogen-bond acceptors (Lipinski definition) is 5. The summed E-state index contributed by atoms with van der Waals surface area (Å²) in [6.07, 6.45) is 0. The Morgan fingerprint density at radius 3 is 2.72 bits per heavy atom. The molecule has 0 radical (unpaired) electrons. The molecule has 0 saturated heterocycles. The van der Waals surface area contributed by atoms with Gasteiger partial charge in [0.2, 0.25) is 0 Å². The molecule has 94 valence electrons. The highest BCUT2D eigenvalue weighted by Gasteiger charge is 2.04. The van der Waals surface area contributed by atoms with Crippen LogP contribution in [0.3, 0.4) is 0 Å². The van der Waals surface area contributed by atoms with Gasteiger partial charge in [0.1, 0.15) is 11.6 Å². The highest BCUT2D eigenvalue weighted by molar-refractivity contribution is 5.37. The van der Waals surface area contributed by atoms with Gasteiger partial charge in [-0.2, -0.15) is 4.98 Å². The van der Waals surface area contributed by atoms with Gasteiger partial charge < -0.3 is 15.2 Å². The Morgan fingerprint density at radius 1 is 1.22 bits per heavy atom. The Balaban J connectivity index is 2.15. The van der Waals surface area contributed by atoms with Gasteiger partial charge in [-0.25, -0.2) is 4.98 Å². The van der Waals surface area contributed by atoms with Crippen LogP contribution in [-0.4, -0.2) is 28.2 Å². The maximum Gasteiger partial charge on any atom is 0.324 e. The molecule has 1 aromatic carbocycles. The highest BCUT2D eigenvalue weighted by atomic mass is 16.5. The summed E-state index contributed by atoms with van der Waals surface area (Å²) in [7, 11) is 0. The quantitative estimate of drug-likeness (QED) is 0.843. The van der Waals surface area contributed by atoms with Crippen LogP contribution in [0.5, 0.6) is 11.8 Å². The molecule has 0 fully saturated rings. The monoisotopic (exact) mass is 245 g/mol. The lowest BCUT2D eigenvalue weighted by Gasteiger charge is -2.08. The van der Waals surface area contributed by atoms with Crippen molar-refractivity contribution < 1.29 is 9.84 Å². The molecular weight excluding hydrogens is 230 g/mol. The summed E-state index contributed by atoms with van der Waals surface area (Å²) < 4.78 is 5.56. The Labute approximate surface area is 105 Å². The first-order chi connectivity index (χ1) is 8.78. The molecule has 0 aliphatic carbocycles. The van der Waals surface area contributed by atoms with Gasteiger partial charge in [-0.05, 0) is 19.1 Å². The van der Waals surface area contributed by atoms with E-state index in [1.807, 2.05) is 37.3 Å². The molecular formula is C13H15N3O2. The van der Waals surface area contributed by atoms with E-state index in [0.29, 0.717) is 24.1 Å². The standard InChI is InChI=1S/C13H15N3O2/c1-10-9-12(14-7-8-17)16-13(15-10)18-11-5-3-2-4-6-11/h2-6,9,17H,7-8H2,1H3,(H,14,15,16). The average Bonchev–Trinajstić information content (AvgIpc) is 2.37. The highest BCUT2D eigenvalue weighted by Crippen LogP contribution is 2.19. The number of aliphatic hydroxyl groups excluding tert-OH is 1. The molecule has 1 aromatic heterocycles. The van der Waals surface area contributed by atoms with Gasteiger partial charge in [0.25, 0.3) is 0 Å². The van der Waals surface area contributed by atoms with Crippen LogP contribution in [0.15, 0.2) is 36.4 Å². The minimum absolute atomic E-state index is 0.0535. The molecule has 18 heavy (non-hydrogen) atoms. The van der Waals surface area contributed by atoms with Gasteiger partial charge >= 0.3 is 6.01 Å². The van der Waals surface area contributed by atoms with Crippen LogP contribution >= 0.6 is 0 Å². The van der Waals surface area contributed by atoms with Crippen molar-refractivity contribution in [1.82, 2.24) is 9.97 Å². The number of hydrogen-bond donors (Lipinski definition) is 2. The molecule has 0 aliphatic heterocycles. The Kier molecular flexibility index (Phi) is 4.09. The van der Waals surface area contributed by atoms with E-state index < -0.39 is 0 Å². The number of ether oxygens (including phenoxy) is 1. The van der Waals surface area contributed by atoms with E-state index in [1.165, 1.54) is 0 Å². The van der Waals surface area contributed by atoms with Crippen LogP contribution in [-0.2, 0) is 0 Å². The number of nitrogens with one attached hydrogen (secondary N) is 1. The fraction of sp³-hybridized carbons (Fsp3) is 0.231. The first-order valence-corrected chi connectivity index (χ1v) is 5.71. The predicted octanol–water partition coefficient (Wildman–Crippen LogP) is 1.98. The van der Waals surface area contributed by atoms with Crippen molar-refractivity contribution in [3.05, 3.63) is 42.1 Å². The fourth-order valence-electron chi connectivity index (χ4n) is 1.46. The summed E-state index contributed by atoms with van der Waals surface area (Å²) in [4.78, 5) is 8.41. The minimum Gasteiger partial charge on any atom is -0.424 e. The number of para-hydroxylation sites is 1. The van der Waals surface area contributed by atoms with Gasteiger partial charge in [-0.1, -0.05) is 18.2 Å². The number of rotatable bonds is 5. The Morgan fingerprint density at radius 2 is 2.00 bits per heavy atom. The number of nitrogens with zero attached hydrogens (tertiary/aromatic N) is 2. The second kappa shape index (κ2) is 5.97. The molecule has 2 rings (SSSR count). The van der Waals surface area contributed by atoms with E-state index >= 15 is 0 Å². The van der Waals surface area contributed by atoms with E-state index in [-0.39, 0.29) is 6.61 Å². The lowest BCUT2D eigenvalue weighted by atomic mass is 10.3. The van der Waals surface area contributed by atoms with E-state index in [4.69, 9.17) is 9.84 Å². The Hall–Kier alpha value is -2.14. The van der Waals surface area contributed by atoms with E-state index in [9.17, 15) is 0 Å². The number of aryl methyl sites for hydroxylation is 1. The SMILES string of the molecule is Cc1cc(NCCO)nc(Oc2ccccc2)n1. The van der Waals surface area contributed by atoms with Crippen LogP contribution in [0.25, 0.3) is 0 Å². The molecule has 0 amide bonds. The Bertz CT molecular complexity index is 503. The molecule has 5 nitrogen and oxygen atoms in total.